The average molecular weight is 196 g/mol. The second-order valence-electron chi connectivity index (χ2n) is 0. The Bertz CT molecular complexity index is 6.00. The van der Waals surface area contributed by atoms with Crippen LogP contribution in [0.4, 0.5) is 0 Å². The fraction of sp³-hybridized carbons (Fsp3) is 0. The molecule has 4 heavy (non-hydrogen) atoms. The van der Waals surface area contributed by atoms with Crippen molar-refractivity contribution in [3.05, 3.63) is 6.15 Å². The van der Waals surface area contributed by atoms with Gasteiger partial charge >= 0.3 is 29.2 Å². The van der Waals surface area contributed by atoms with Gasteiger partial charge in [0.1, 0.15) is 0 Å². The molecule has 34 valence electrons. The van der Waals surface area contributed by atoms with Crippen LogP contribution in [0, 0.1) is 0 Å². The average Bonchev–Trinajstić information content (AvgIpc) is 1.00. The normalized spacial score (nSPS) is 1.75. The molecule has 0 radical (unpaired) electrons. The molecule has 0 spiro atoms. The third kappa shape index (κ3) is 10.4. The van der Waals surface area contributed by atoms with Gasteiger partial charge in [-0.1, -0.05) is 0 Å². The molecule has 0 bridgehead atoms. The fourth-order valence-corrected chi connectivity index (χ4v) is 0. The van der Waals surface area contributed by atoms with E-state index < -0.39 is 0 Å². The van der Waals surface area contributed by atoms with Crippen LogP contribution in [0.5, 0.6) is 0 Å². The monoisotopic (exact) mass is 194 g/mol. The summed E-state index contributed by atoms with van der Waals surface area (Å²) in [5, 5.41) is 0. The van der Waals surface area contributed by atoms with Crippen LogP contribution in [0.25, 0.3) is 6.15 Å². The minimum absolute atomic E-state index is 0. The van der Waals surface area contributed by atoms with E-state index in [4.69, 9.17) is 0 Å². The Morgan fingerprint density at radius 3 is 1.25 bits per heavy atom. The number of nitrogens with two attached hydrogens (primary N) is 1. The van der Waals surface area contributed by atoms with Crippen LogP contribution in [0.3, 0.4) is 0 Å². The molecule has 0 aliphatic heterocycles. The fourth-order valence-electron chi connectivity index (χ4n) is 0. The number of hydrogen-bond donors (Lipinski definition) is 0. The molecular formula is H3AgCl2N-. The molecule has 0 heterocycles. The molecule has 0 fully saturated rings. The third-order valence-corrected chi connectivity index (χ3v) is 0. The van der Waals surface area contributed by atoms with Crippen LogP contribution in [0.15, 0.2) is 0 Å². The van der Waals surface area contributed by atoms with Crippen molar-refractivity contribution in [1.82, 2.24) is 0 Å². The van der Waals surface area contributed by atoms with Gasteiger partial charge < -0.3 is 6.15 Å². The predicted molar refractivity (Wildman–Crippen MR) is 18.4 cm³/mol. The maximum Gasteiger partial charge on any atom is -0.693 e. The Hall–Kier alpha value is 1.28. The summed E-state index contributed by atoms with van der Waals surface area (Å²) < 4.78 is 0. The summed E-state index contributed by atoms with van der Waals surface area (Å²) in [7, 11) is 4.45. The molecule has 0 unspecified atom stereocenters. The minimum Gasteiger partial charge on any atom is -0.693 e. The first kappa shape index (κ1) is 18.6. The van der Waals surface area contributed by atoms with Crippen LogP contribution in [-0.2, 0) is 20.0 Å². The first-order valence-corrected chi connectivity index (χ1v) is 2.02. The molecule has 0 aromatic carbocycles. The van der Waals surface area contributed by atoms with E-state index in [1.807, 2.05) is 0 Å². The van der Waals surface area contributed by atoms with Crippen molar-refractivity contribution < 1.29 is 20.0 Å². The topological polar surface area (TPSA) is 33.5 Å². The van der Waals surface area contributed by atoms with Gasteiger partial charge in [0.15, 0.2) is 0 Å². The van der Waals surface area contributed by atoms with Crippen LogP contribution in [0.2, 0.25) is 0 Å². The largest absolute Gasteiger partial charge is 0.693 e. The van der Waals surface area contributed by atoms with Crippen LogP contribution >= 0.6 is 21.6 Å². The van der Waals surface area contributed by atoms with Crippen molar-refractivity contribution in [2.45, 2.75) is 0 Å². The van der Waals surface area contributed by atoms with E-state index in [-0.39, 0.29) is 18.6 Å². The molecule has 0 saturated heterocycles. The zero-order chi connectivity index (χ0) is 2.00. The van der Waals surface area contributed by atoms with Gasteiger partial charge in [0, 0.05) is 0 Å². The Morgan fingerprint density at radius 1 is 1.25 bits per heavy atom. The van der Waals surface area contributed by atoms with Gasteiger partial charge in [-0.25, -0.2) is 0 Å². The zero-order valence-corrected chi connectivity index (χ0v) is 4.72. The summed E-state index contributed by atoms with van der Waals surface area (Å²) in [5.74, 6) is 0. The molecular weight excluding hydrogens is 193 g/mol. The molecule has 0 aliphatic carbocycles. The van der Waals surface area contributed by atoms with Crippen LogP contribution in [0.1, 0.15) is 0 Å². The van der Waals surface area contributed by atoms with Crippen LogP contribution < -0.4 is 0 Å². The molecule has 0 aliphatic rings. The summed E-state index contributed by atoms with van der Waals surface area (Å²) in [6, 6.07) is 0. The van der Waals surface area contributed by atoms with Crippen molar-refractivity contribution >= 4 is 21.6 Å². The number of rotatable bonds is 0. The van der Waals surface area contributed by atoms with Gasteiger partial charge in [-0.3, -0.25) is 0 Å². The molecule has 0 saturated carbocycles. The predicted octanol–water partition coefficient (Wildman–Crippen LogP) is 1.83. The van der Waals surface area contributed by atoms with Gasteiger partial charge in [0.25, 0.3) is 0 Å². The van der Waals surface area contributed by atoms with Gasteiger partial charge in [0.2, 0.25) is 0 Å². The molecule has 0 rings (SSSR count). The van der Waals surface area contributed by atoms with Gasteiger partial charge in [0.05, 0.1) is 0 Å². The number of halogens is 2. The van der Waals surface area contributed by atoms with E-state index in [9.17, 15) is 0 Å². The summed E-state index contributed by atoms with van der Waals surface area (Å²) in [6.07, 6.45) is 0. The summed E-state index contributed by atoms with van der Waals surface area (Å²) in [4.78, 5) is 0. The van der Waals surface area contributed by atoms with E-state index in [1.165, 1.54) is 0 Å². The quantitative estimate of drug-likeness (QED) is 0.529. The van der Waals surface area contributed by atoms with E-state index in [0.717, 1.165) is 0 Å². The third-order valence-electron chi connectivity index (χ3n) is 0. The second-order valence-corrected chi connectivity index (χ2v) is 0. The molecule has 0 aromatic heterocycles. The van der Waals surface area contributed by atoms with E-state index in [2.05, 4.69) is 29.2 Å². The smallest absolute Gasteiger partial charge is 0.693 e. The maximum atomic E-state index is 4.45. The zero-order valence-electron chi connectivity index (χ0n) is 1.67. The molecule has 1 nitrogen and oxygen atoms in total. The van der Waals surface area contributed by atoms with E-state index >= 15 is 0 Å². The molecule has 2 N–H and O–H groups in total. The van der Waals surface area contributed by atoms with Crippen molar-refractivity contribution in [2.75, 3.05) is 0 Å². The van der Waals surface area contributed by atoms with Gasteiger partial charge in [-0.2, -0.15) is 0 Å². The van der Waals surface area contributed by atoms with Crippen molar-refractivity contribution in [3.8, 4) is 0 Å². The molecule has 0 atom stereocenters. The van der Waals surface area contributed by atoms with E-state index in [1.54, 1.807) is 0 Å². The first-order chi connectivity index (χ1) is 1.00. The van der Waals surface area contributed by atoms with Crippen molar-refractivity contribution in [2.24, 2.45) is 0 Å². The molecule has 0 aromatic rings. The molecule has 0 amide bonds. The van der Waals surface area contributed by atoms with Gasteiger partial charge in [-0.05, 0) is 0 Å². The SMILES string of the molecule is Cl.[Cl][Ag].[NH2-]. The summed E-state index contributed by atoms with van der Waals surface area (Å²) in [5.41, 5.74) is 0. The second kappa shape index (κ2) is 28.1. The summed E-state index contributed by atoms with van der Waals surface area (Å²) in [6.45, 7) is 0. The van der Waals surface area contributed by atoms with Crippen molar-refractivity contribution in [1.29, 1.82) is 0 Å². The van der Waals surface area contributed by atoms with E-state index in [0.29, 0.717) is 0 Å². The number of hydrogen-bond acceptors (Lipinski definition) is 0. The molecule has 4 heteroatoms. The first-order valence-electron chi connectivity index (χ1n) is 0.114. The van der Waals surface area contributed by atoms with Gasteiger partial charge in [-0.15, -0.1) is 12.4 Å². The Kier molecular flexibility index (Phi) is 131. The maximum absolute atomic E-state index is 4.45. The standard InChI is InChI=1S/Ag.2ClH.H2N/h;2*1H;1H2/q+1;;;-1/p-1. The van der Waals surface area contributed by atoms with Crippen molar-refractivity contribution in [3.63, 3.8) is 0 Å². The Labute approximate surface area is 47.8 Å². The Balaban J connectivity index is -0.00000000500. The Morgan fingerprint density at radius 2 is 1.25 bits per heavy atom. The minimum atomic E-state index is 0. The summed E-state index contributed by atoms with van der Waals surface area (Å²) >= 11 is 2.42. The van der Waals surface area contributed by atoms with Crippen LogP contribution in [-0.4, -0.2) is 0 Å².